The smallest absolute Gasteiger partial charge is 0.330 e. The first-order valence-electron chi connectivity index (χ1n) is 3.18. The molecule has 0 aromatic heterocycles. The molecule has 0 unspecified atom stereocenters. The SMILES string of the molecule is CC(=CCCS(=O)(=O)O)C(=O)O. The van der Waals surface area contributed by atoms with Crippen LogP contribution >= 0.6 is 0 Å². The highest BCUT2D eigenvalue weighted by Crippen LogP contribution is 1.97. The molecule has 5 nitrogen and oxygen atoms in total. The van der Waals surface area contributed by atoms with Crippen molar-refractivity contribution < 1.29 is 22.9 Å². The van der Waals surface area contributed by atoms with Gasteiger partial charge in [0.15, 0.2) is 0 Å². The van der Waals surface area contributed by atoms with Crippen LogP contribution in [0.3, 0.4) is 0 Å². The topological polar surface area (TPSA) is 91.7 Å². The second kappa shape index (κ2) is 4.22. The van der Waals surface area contributed by atoms with Gasteiger partial charge >= 0.3 is 5.97 Å². The molecule has 0 fully saturated rings. The van der Waals surface area contributed by atoms with Gasteiger partial charge in [-0.1, -0.05) is 6.08 Å². The summed E-state index contributed by atoms with van der Waals surface area (Å²) in [6.07, 6.45) is 1.26. The van der Waals surface area contributed by atoms with Gasteiger partial charge in [0.05, 0.1) is 5.75 Å². The molecule has 0 aromatic carbocycles. The number of allylic oxidation sites excluding steroid dienone is 1. The molecule has 0 heterocycles. The lowest BCUT2D eigenvalue weighted by atomic mass is 10.2. The Hall–Kier alpha value is -0.880. The minimum Gasteiger partial charge on any atom is -0.478 e. The van der Waals surface area contributed by atoms with E-state index in [4.69, 9.17) is 9.66 Å². The predicted molar refractivity (Wildman–Crippen MR) is 42.4 cm³/mol. The summed E-state index contributed by atoms with van der Waals surface area (Å²) < 4.78 is 28.6. The van der Waals surface area contributed by atoms with Crippen molar-refractivity contribution in [3.05, 3.63) is 11.6 Å². The normalized spacial score (nSPS) is 13.0. The van der Waals surface area contributed by atoms with Crippen LogP contribution in [0.4, 0.5) is 0 Å². The van der Waals surface area contributed by atoms with Crippen LogP contribution in [-0.2, 0) is 14.9 Å². The van der Waals surface area contributed by atoms with Crippen LogP contribution in [0.2, 0.25) is 0 Å². The summed E-state index contributed by atoms with van der Waals surface area (Å²) in [7, 11) is -3.98. The first kappa shape index (κ1) is 11.1. The van der Waals surface area contributed by atoms with Crippen molar-refractivity contribution in [1.82, 2.24) is 0 Å². The van der Waals surface area contributed by atoms with Gasteiger partial charge in [-0.05, 0) is 13.3 Å². The zero-order chi connectivity index (χ0) is 9.78. The van der Waals surface area contributed by atoms with E-state index in [1.165, 1.54) is 13.0 Å². The summed E-state index contributed by atoms with van der Waals surface area (Å²) in [6.45, 7) is 1.35. The van der Waals surface area contributed by atoms with Gasteiger partial charge < -0.3 is 5.11 Å². The molecule has 70 valence electrons. The van der Waals surface area contributed by atoms with Gasteiger partial charge in [0, 0.05) is 5.57 Å². The first-order chi connectivity index (χ1) is 5.33. The number of aliphatic carboxylic acids is 1. The van der Waals surface area contributed by atoms with Gasteiger partial charge in [-0.2, -0.15) is 8.42 Å². The largest absolute Gasteiger partial charge is 0.478 e. The molecule has 0 aliphatic carbocycles. The molecule has 0 rings (SSSR count). The number of hydrogen-bond acceptors (Lipinski definition) is 3. The van der Waals surface area contributed by atoms with E-state index >= 15 is 0 Å². The highest BCUT2D eigenvalue weighted by atomic mass is 32.2. The maximum Gasteiger partial charge on any atom is 0.330 e. The summed E-state index contributed by atoms with van der Waals surface area (Å²) in [5.41, 5.74) is 0.0682. The van der Waals surface area contributed by atoms with Crippen LogP contribution in [0.25, 0.3) is 0 Å². The van der Waals surface area contributed by atoms with Crippen molar-refractivity contribution in [2.24, 2.45) is 0 Å². The molecule has 0 atom stereocenters. The third kappa shape index (κ3) is 5.87. The Balaban J connectivity index is 4.00. The van der Waals surface area contributed by atoms with Crippen LogP contribution in [0.1, 0.15) is 13.3 Å². The highest BCUT2D eigenvalue weighted by Gasteiger charge is 2.03. The monoisotopic (exact) mass is 194 g/mol. The van der Waals surface area contributed by atoms with E-state index in [-0.39, 0.29) is 12.0 Å². The quantitative estimate of drug-likeness (QED) is 0.496. The molecule has 0 aromatic rings. The van der Waals surface area contributed by atoms with Crippen LogP contribution in [0, 0.1) is 0 Å². The summed E-state index contributed by atoms with van der Waals surface area (Å²) in [6, 6.07) is 0. The lowest BCUT2D eigenvalue weighted by Gasteiger charge is -1.93. The van der Waals surface area contributed by atoms with Crippen LogP contribution in [-0.4, -0.2) is 29.8 Å². The van der Waals surface area contributed by atoms with Gasteiger partial charge in [-0.25, -0.2) is 4.79 Å². The van der Waals surface area contributed by atoms with Crippen molar-refractivity contribution in [3.63, 3.8) is 0 Å². The number of carboxylic acid groups (broad SMARTS) is 1. The highest BCUT2D eigenvalue weighted by molar-refractivity contribution is 7.85. The zero-order valence-electron chi connectivity index (χ0n) is 6.52. The Kier molecular flexibility index (Phi) is 3.91. The molecule has 12 heavy (non-hydrogen) atoms. The minimum atomic E-state index is -3.98. The van der Waals surface area contributed by atoms with E-state index in [1.807, 2.05) is 0 Å². The number of rotatable bonds is 4. The summed E-state index contributed by atoms with van der Waals surface area (Å²) >= 11 is 0. The fourth-order valence-corrected chi connectivity index (χ4v) is 0.927. The number of hydrogen-bond donors (Lipinski definition) is 2. The molecule has 0 amide bonds. The molecule has 0 saturated heterocycles. The fraction of sp³-hybridized carbons (Fsp3) is 0.500. The Bertz CT molecular complexity index is 287. The summed E-state index contributed by atoms with van der Waals surface area (Å²) in [5.74, 6) is -1.54. The second-order valence-corrected chi connectivity index (χ2v) is 3.84. The van der Waals surface area contributed by atoms with Crippen molar-refractivity contribution in [3.8, 4) is 0 Å². The molecule has 0 aliphatic heterocycles. The third-order valence-electron chi connectivity index (χ3n) is 1.16. The van der Waals surface area contributed by atoms with Crippen LogP contribution in [0.15, 0.2) is 11.6 Å². The van der Waals surface area contributed by atoms with Crippen molar-refractivity contribution in [1.29, 1.82) is 0 Å². The van der Waals surface area contributed by atoms with Gasteiger partial charge in [0.2, 0.25) is 0 Å². The molecule has 0 bridgehead atoms. The van der Waals surface area contributed by atoms with E-state index < -0.39 is 21.8 Å². The van der Waals surface area contributed by atoms with E-state index in [2.05, 4.69) is 0 Å². The van der Waals surface area contributed by atoms with Crippen LogP contribution < -0.4 is 0 Å². The van der Waals surface area contributed by atoms with Gasteiger partial charge in [-0.15, -0.1) is 0 Å². The molecule has 0 saturated carbocycles. The van der Waals surface area contributed by atoms with Crippen molar-refractivity contribution >= 4 is 16.1 Å². The average molecular weight is 194 g/mol. The molecule has 0 radical (unpaired) electrons. The molecule has 2 N–H and O–H groups in total. The lowest BCUT2D eigenvalue weighted by molar-refractivity contribution is -0.132. The van der Waals surface area contributed by atoms with Crippen molar-refractivity contribution in [2.75, 3.05) is 5.75 Å². The molecule has 0 spiro atoms. The Morgan fingerprint density at radius 1 is 1.50 bits per heavy atom. The Morgan fingerprint density at radius 2 is 2.00 bits per heavy atom. The first-order valence-corrected chi connectivity index (χ1v) is 4.79. The minimum absolute atomic E-state index is 0.0109. The maximum absolute atomic E-state index is 10.2. The summed E-state index contributed by atoms with van der Waals surface area (Å²) in [5, 5.41) is 8.33. The van der Waals surface area contributed by atoms with E-state index in [0.29, 0.717) is 0 Å². The van der Waals surface area contributed by atoms with E-state index in [0.717, 1.165) is 0 Å². The van der Waals surface area contributed by atoms with Crippen LogP contribution in [0.5, 0.6) is 0 Å². The predicted octanol–water partition coefficient (Wildman–Crippen LogP) is 0.295. The van der Waals surface area contributed by atoms with E-state index in [1.54, 1.807) is 0 Å². The standard InChI is InChI=1S/C6H10O5S/c1-5(6(7)8)3-2-4-12(9,10)11/h3H,2,4H2,1H3,(H,7,8)(H,9,10,11). The molecular weight excluding hydrogens is 184 g/mol. The molecular formula is C6H10O5S. The lowest BCUT2D eigenvalue weighted by Crippen LogP contribution is -2.03. The maximum atomic E-state index is 10.2. The molecule has 6 heteroatoms. The number of carboxylic acids is 1. The fourth-order valence-electron chi connectivity index (χ4n) is 0.512. The van der Waals surface area contributed by atoms with Crippen molar-refractivity contribution in [2.45, 2.75) is 13.3 Å². The van der Waals surface area contributed by atoms with E-state index in [9.17, 15) is 13.2 Å². The second-order valence-electron chi connectivity index (χ2n) is 2.27. The van der Waals surface area contributed by atoms with Gasteiger partial charge in [0.1, 0.15) is 0 Å². The Labute approximate surface area is 70.5 Å². The average Bonchev–Trinajstić information content (AvgIpc) is 1.84. The van der Waals surface area contributed by atoms with Gasteiger partial charge in [0.25, 0.3) is 10.1 Å². The summed E-state index contributed by atoms with van der Waals surface area (Å²) in [4.78, 5) is 10.2. The van der Waals surface area contributed by atoms with Gasteiger partial charge in [-0.3, -0.25) is 4.55 Å². The zero-order valence-corrected chi connectivity index (χ0v) is 7.34. The number of carbonyl (C=O) groups is 1. The Morgan fingerprint density at radius 3 is 2.33 bits per heavy atom. The third-order valence-corrected chi connectivity index (χ3v) is 1.92. The molecule has 0 aliphatic rings.